The van der Waals surface area contributed by atoms with Gasteiger partial charge in [0.05, 0.1) is 38.4 Å². The standard InChI is InChI=1S/C17H16O11/c1-25-15(22)6-4-8(18)12(20)13(21)10(6)11-7(16(23)26-2)5-9(19)28-14(11)17(24)27-3/h4-5,11,14,18,20-21H,1-3H3/t11-,14+/m0/s1. The molecule has 1 aliphatic rings. The summed E-state index contributed by atoms with van der Waals surface area (Å²) >= 11 is 0. The Morgan fingerprint density at radius 2 is 1.57 bits per heavy atom. The lowest BCUT2D eigenvalue weighted by molar-refractivity contribution is -0.166. The van der Waals surface area contributed by atoms with E-state index in [-0.39, 0.29) is 0 Å². The van der Waals surface area contributed by atoms with Crippen molar-refractivity contribution in [3.63, 3.8) is 0 Å². The molecule has 0 spiro atoms. The van der Waals surface area contributed by atoms with Gasteiger partial charge in [-0.3, -0.25) is 0 Å². The maximum Gasteiger partial charge on any atom is 0.348 e. The van der Waals surface area contributed by atoms with Crippen molar-refractivity contribution in [2.45, 2.75) is 12.0 Å². The van der Waals surface area contributed by atoms with Gasteiger partial charge in [0.2, 0.25) is 11.9 Å². The molecule has 0 radical (unpaired) electrons. The van der Waals surface area contributed by atoms with E-state index in [0.717, 1.165) is 27.4 Å². The number of carbonyl (C=O) groups is 4. The van der Waals surface area contributed by atoms with Gasteiger partial charge in [-0.25, -0.2) is 19.2 Å². The third-order valence-electron chi connectivity index (χ3n) is 4.02. The first kappa shape index (κ1) is 20.6. The van der Waals surface area contributed by atoms with Gasteiger partial charge in [0.25, 0.3) is 0 Å². The van der Waals surface area contributed by atoms with E-state index in [1.807, 2.05) is 0 Å². The summed E-state index contributed by atoms with van der Waals surface area (Å²) in [5, 5.41) is 30.0. The first-order valence-electron chi connectivity index (χ1n) is 7.62. The van der Waals surface area contributed by atoms with E-state index in [2.05, 4.69) is 14.2 Å². The van der Waals surface area contributed by atoms with Crippen molar-refractivity contribution in [1.82, 2.24) is 0 Å². The molecule has 150 valence electrons. The molecule has 28 heavy (non-hydrogen) atoms. The Balaban J connectivity index is 2.88. The van der Waals surface area contributed by atoms with Crippen LogP contribution in [0.4, 0.5) is 0 Å². The van der Waals surface area contributed by atoms with Crippen molar-refractivity contribution < 1.29 is 53.4 Å². The molecule has 0 aromatic heterocycles. The summed E-state index contributed by atoms with van der Waals surface area (Å²) in [7, 11) is 2.99. The number of carbonyl (C=O) groups excluding carboxylic acids is 4. The quantitative estimate of drug-likeness (QED) is 0.352. The molecular formula is C17H16O11. The van der Waals surface area contributed by atoms with Crippen LogP contribution in [0.15, 0.2) is 17.7 Å². The van der Waals surface area contributed by atoms with E-state index >= 15 is 0 Å². The Hall–Kier alpha value is -3.76. The van der Waals surface area contributed by atoms with Crippen molar-refractivity contribution >= 4 is 23.9 Å². The zero-order chi connectivity index (χ0) is 21.2. The minimum absolute atomic E-state index is 0.459. The highest BCUT2D eigenvalue weighted by atomic mass is 16.6. The summed E-state index contributed by atoms with van der Waals surface area (Å²) < 4.78 is 18.7. The Morgan fingerprint density at radius 1 is 0.964 bits per heavy atom. The van der Waals surface area contributed by atoms with Crippen molar-refractivity contribution in [1.29, 1.82) is 0 Å². The highest BCUT2D eigenvalue weighted by molar-refractivity contribution is 6.03. The molecule has 0 unspecified atom stereocenters. The second-order valence-corrected chi connectivity index (χ2v) is 5.50. The molecule has 2 rings (SSSR count). The summed E-state index contributed by atoms with van der Waals surface area (Å²) in [4.78, 5) is 48.4. The molecule has 0 fully saturated rings. The predicted molar refractivity (Wildman–Crippen MR) is 87.5 cm³/mol. The Morgan fingerprint density at radius 3 is 2.11 bits per heavy atom. The number of ether oxygens (including phenoxy) is 4. The van der Waals surface area contributed by atoms with Gasteiger partial charge in [-0.1, -0.05) is 0 Å². The molecule has 1 aromatic rings. The van der Waals surface area contributed by atoms with E-state index in [4.69, 9.17) is 4.74 Å². The fourth-order valence-corrected chi connectivity index (χ4v) is 2.77. The fourth-order valence-electron chi connectivity index (χ4n) is 2.77. The van der Waals surface area contributed by atoms with Crippen molar-refractivity contribution in [3.05, 3.63) is 28.8 Å². The number of methoxy groups -OCH3 is 3. The zero-order valence-electron chi connectivity index (χ0n) is 14.9. The number of rotatable bonds is 4. The first-order valence-corrected chi connectivity index (χ1v) is 7.62. The van der Waals surface area contributed by atoms with Gasteiger partial charge in [-0.2, -0.15) is 0 Å². The molecule has 0 amide bonds. The lowest BCUT2D eigenvalue weighted by Gasteiger charge is -2.31. The van der Waals surface area contributed by atoms with Crippen LogP contribution in [0.2, 0.25) is 0 Å². The van der Waals surface area contributed by atoms with Crippen molar-refractivity contribution in [3.8, 4) is 17.2 Å². The summed E-state index contributed by atoms with van der Waals surface area (Å²) in [6.45, 7) is 0. The van der Waals surface area contributed by atoms with Gasteiger partial charge in [-0.05, 0) is 6.07 Å². The van der Waals surface area contributed by atoms with Crippen molar-refractivity contribution in [2.75, 3.05) is 21.3 Å². The van der Waals surface area contributed by atoms with Crippen LogP contribution in [0.3, 0.4) is 0 Å². The number of phenolic OH excluding ortho intramolecular Hbond substituents is 3. The third-order valence-corrected chi connectivity index (χ3v) is 4.02. The molecule has 1 aromatic carbocycles. The number of hydrogen-bond acceptors (Lipinski definition) is 11. The van der Waals surface area contributed by atoms with Crippen LogP contribution in [0, 0.1) is 0 Å². The monoisotopic (exact) mass is 396 g/mol. The molecule has 1 heterocycles. The van der Waals surface area contributed by atoms with Crippen LogP contribution in [-0.4, -0.2) is 66.6 Å². The van der Waals surface area contributed by atoms with Crippen LogP contribution in [0.1, 0.15) is 21.8 Å². The molecule has 2 atom stereocenters. The lowest BCUT2D eigenvalue weighted by Crippen LogP contribution is -2.40. The number of aromatic hydroxyl groups is 3. The summed E-state index contributed by atoms with van der Waals surface area (Å²) in [6.07, 6.45) is -1.10. The second kappa shape index (κ2) is 7.86. The molecule has 11 heteroatoms. The average molecular weight is 396 g/mol. The zero-order valence-corrected chi connectivity index (χ0v) is 14.9. The molecule has 0 bridgehead atoms. The minimum atomic E-state index is -1.81. The highest BCUT2D eigenvalue weighted by Crippen LogP contribution is 2.47. The van der Waals surface area contributed by atoms with Gasteiger partial charge in [0, 0.05) is 11.6 Å². The number of phenols is 3. The first-order chi connectivity index (χ1) is 13.2. The van der Waals surface area contributed by atoms with Crippen LogP contribution in [-0.2, 0) is 33.3 Å². The molecule has 1 aliphatic heterocycles. The van der Waals surface area contributed by atoms with Gasteiger partial charge in [0.15, 0.2) is 11.5 Å². The Kier molecular flexibility index (Phi) is 5.77. The lowest BCUT2D eigenvalue weighted by atomic mass is 9.81. The fraction of sp³-hybridized carbons (Fsp3) is 0.294. The Bertz CT molecular complexity index is 884. The molecular weight excluding hydrogens is 380 g/mol. The average Bonchev–Trinajstić information content (AvgIpc) is 2.69. The van der Waals surface area contributed by atoms with E-state index in [1.54, 1.807) is 0 Å². The van der Waals surface area contributed by atoms with Gasteiger partial charge in [0.1, 0.15) is 0 Å². The van der Waals surface area contributed by atoms with Gasteiger partial charge < -0.3 is 34.3 Å². The summed E-state index contributed by atoms with van der Waals surface area (Å²) in [6, 6.07) is 0.760. The van der Waals surface area contributed by atoms with E-state index in [1.165, 1.54) is 0 Å². The Labute approximate surface area is 157 Å². The maximum absolute atomic E-state index is 12.2. The number of cyclic esters (lactones) is 1. The minimum Gasteiger partial charge on any atom is -0.504 e. The van der Waals surface area contributed by atoms with E-state index in [9.17, 15) is 34.5 Å². The second-order valence-electron chi connectivity index (χ2n) is 5.50. The highest BCUT2D eigenvalue weighted by Gasteiger charge is 2.46. The topological polar surface area (TPSA) is 166 Å². The number of hydrogen-bond donors (Lipinski definition) is 3. The number of esters is 4. The maximum atomic E-state index is 12.2. The molecule has 11 nitrogen and oxygen atoms in total. The molecule has 0 saturated carbocycles. The van der Waals surface area contributed by atoms with Gasteiger partial charge in [-0.15, -0.1) is 0 Å². The normalized spacial score (nSPS) is 18.5. The largest absolute Gasteiger partial charge is 0.504 e. The van der Waals surface area contributed by atoms with Crippen molar-refractivity contribution in [2.24, 2.45) is 0 Å². The number of benzene rings is 1. The third kappa shape index (κ3) is 3.41. The van der Waals surface area contributed by atoms with Crippen LogP contribution < -0.4 is 0 Å². The van der Waals surface area contributed by atoms with Crippen LogP contribution >= 0.6 is 0 Å². The smallest absolute Gasteiger partial charge is 0.348 e. The predicted octanol–water partition coefficient (Wildman–Crippen LogP) is -0.129. The molecule has 0 saturated heterocycles. The van der Waals surface area contributed by atoms with Gasteiger partial charge >= 0.3 is 23.9 Å². The molecule has 3 N–H and O–H groups in total. The van der Waals surface area contributed by atoms with Crippen LogP contribution in [0.5, 0.6) is 17.2 Å². The SMILES string of the molecule is COC(=O)C1=CC(=O)O[C@@H](C(=O)OC)[C@@H]1c1c(C(=O)OC)cc(O)c(O)c1O. The van der Waals surface area contributed by atoms with E-state index in [0.29, 0.717) is 6.08 Å². The molecule has 0 aliphatic carbocycles. The van der Waals surface area contributed by atoms with E-state index < -0.39 is 69.8 Å². The summed E-state index contributed by atoms with van der Waals surface area (Å²) in [5.74, 6) is -8.89. The van der Waals surface area contributed by atoms with Crippen LogP contribution in [0.25, 0.3) is 0 Å². The summed E-state index contributed by atoms with van der Waals surface area (Å²) in [5.41, 5.74) is -1.47.